The van der Waals surface area contributed by atoms with E-state index in [0.717, 1.165) is 27.8 Å². The highest BCUT2D eigenvalue weighted by Crippen LogP contribution is 2.26. The summed E-state index contributed by atoms with van der Waals surface area (Å²) >= 11 is 0. The Labute approximate surface area is 292 Å². The van der Waals surface area contributed by atoms with Crippen LogP contribution in [0.4, 0.5) is 0 Å². The van der Waals surface area contributed by atoms with Gasteiger partial charge in [-0.2, -0.15) is 0 Å². The van der Waals surface area contributed by atoms with Crippen LogP contribution in [0.2, 0.25) is 0 Å². The van der Waals surface area contributed by atoms with Crippen LogP contribution in [0.1, 0.15) is 46.9 Å². The number of hydrogen-bond donors (Lipinski definition) is 4. The van der Waals surface area contributed by atoms with E-state index in [0.29, 0.717) is 19.3 Å². The van der Waals surface area contributed by atoms with Crippen LogP contribution in [-0.2, 0) is 56.2 Å². The summed E-state index contributed by atoms with van der Waals surface area (Å²) in [4.78, 5) is 67.0. The molecule has 0 saturated carbocycles. The first-order valence-corrected chi connectivity index (χ1v) is 16.7. The van der Waals surface area contributed by atoms with Crippen molar-refractivity contribution in [1.29, 1.82) is 0 Å². The standard InChI is InChI=1S/C40H42N4O5.4H2/c1-27(42-38(47)33-24-31-19-11-12-20-32(31)25-33)37(46)43-34(22-21-28-13-5-2-6-14-28)39(48)44-35(23-29-15-7-3-8-16-29)36(45)40(49)41-26-30-17-9-4-10-18-30;;;;/h2-20,27,33-35H,21-26H2,1H3,(H,41,49)(H,42,47)(H,43,46)(H,44,48);4*1H/t27-,34-,35-;;;;/m0..../s1. The Morgan fingerprint density at radius 2 is 1.14 bits per heavy atom. The van der Waals surface area contributed by atoms with Crippen LogP contribution >= 0.6 is 0 Å². The normalized spacial score (nSPS) is 14.1. The Morgan fingerprint density at radius 3 is 1.73 bits per heavy atom. The highest BCUT2D eigenvalue weighted by Gasteiger charge is 2.33. The molecule has 0 spiro atoms. The molecule has 3 atom stereocenters. The lowest BCUT2D eigenvalue weighted by Gasteiger charge is -2.25. The molecule has 0 aliphatic heterocycles. The number of carbonyl (C=O) groups is 5. The number of amides is 4. The summed E-state index contributed by atoms with van der Waals surface area (Å²) in [5, 5.41) is 11.1. The minimum Gasteiger partial charge on any atom is -0.345 e. The largest absolute Gasteiger partial charge is 0.345 e. The Bertz CT molecular complexity index is 1740. The number of rotatable bonds is 15. The van der Waals surface area contributed by atoms with E-state index in [4.69, 9.17) is 0 Å². The van der Waals surface area contributed by atoms with E-state index in [-0.39, 0.29) is 36.9 Å². The molecule has 0 fully saturated rings. The second-order valence-corrected chi connectivity index (χ2v) is 12.5. The Kier molecular flexibility index (Phi) is 12.1. The Morgan fingerprint density at radius 1 is 0.633 bits per heavy atom. The summed E-state index contributed by atoms with van der Waals surface area (Å²) in [7, 11) is 0. The first kappa shape index (κ1) is 34.8. The molecule has 0 aromatic heterocycles. The van der Waals surface area contributed by atoms with Gasteiger partial charge in [0.25, 0.3) is 5.91 Å². The van der Waals surface area contributed by atoms with Crippen LogP contribution < -0.4 is 21.3 Å². The maximum absolute atomic E-state index is 13.9. The fraction of sp³-hybridized carbons (Fsp3) is 0.275. The number of ketones is 1. The van der Waals surface area contributed by atoms with E-state index in [9.17, 15) is 24.0 Å². The van der Waals surface area contributed by atoms with Crippen molar-refractivity contribution in [3.8, 4) is 0 Å². The molecule has 9 heteroatoms. The van der Waals surface area contributed by atoms with Crippen LogP contribution in [0, 0.1) is 5.92 Å². The third kappa shape index (κ3) is 9.96. The molecule has 5 rings (SSSR count). The number of nitrogens with one attached hydrogen (secondary N) is 4. The maximum atomic E-state index is 13.9. The molecule has 0 bridgehead atoms. The van der Waals surface area contributed by atoms with Crippen LogP contribution in [0.3, 0.4) is 0 Å². The van der Waals surface area contributed by atoms with Gasteiger partial charge in [0.1, 0.15) is 18.1 Å². The molecular formula is C40H50N4O5. The SMILES string of the molecule is C[C@H](NC(=O)C1Cc2ccccc2C1)C(=O)N[C@@H](CCc1ccccc1)C(=O)N[C@@H](Cc1ccccc1)C(=O)C(=O)NCc1ccccc1.[HH].[HH].[HH].[HH]. The zero-order valence-corrected chi connectivity index (χ0v) is 27.6. The molecule has 0 saturated heterocycles. The molecule has 0 heterocycles. The second kappa shape index (κ2) is 17.0. The monoisotopic (exact) mass is 666 g/mol. The van der Waals surface area contributed by atoms with Gasteiger partial charge in [0, 0.05) is 24.6 Å². The molecule has 1 aliphatic rings. The molecule has 9 nitrogen and oxygen atoms in total. The minimum absolute atomic E-state index is 0. The molecule has 4 N–H and O–H groups in total. The maximum Gasteiger partial charge on any atom is 0.289 e. The summed E-state index contributed by atoms with van der Waals surface area (Å²) in [5.74, 6) is -3.23. The minimum atomic E-state index is -1.18. The van der Waals surface area contributed by atoms with E-state index in [1.54, 1.807) is 6.92 Å². The third-order valence-corrected chi connectivity index (χ3v) is 8.81. The van der Waals surface area contributed by atoms with Crippen molar-refractivity contribution in [1.82, 2.24) is 21.3 Å². The smallest absolute Gasteiger partial charge is 0.289 e. The van der Waals surface area contributed by atoms with Crippen molar-refractivity contribution in [3.63, 3.8) is 0 Å². The second-order valence-electron chi connectivity index (χ2n) is 12.5. The first-order valence-electron chi connectivity index (χ1n) is 16.7. The highest BCUT2D eigenvalue weighted by atomic mass is 16.2. The van der Waals surface area contributed by atoms with E-state index >= 15 is 0 Å². The average molecular weight is 667 g/mol. The van der Waals surface area contributed by atoms with E-state index in [1.807, 2.05) is 115 Å². The van der Waals surface area contributed by atoms with Crippen molar-refractivity contribution in [2.45, 2.75) is 63.7 Å². The number of carbonyl (C=O) groups excluding carboxylic acids is 5. The van der Waals surface area contributed by atoms with Gasteiger partial charge in [0.05, 0.1) is 0 Å². The number of hydrogen-bond acceptors (Lipinski definition) is 5. The summed E-state index contributed by atoms with van der Waals surface area (Å²) in [6.07, 6.45) is 1.99. The zero-order valence-electron chi connectivity index (χ0n) is 27.6. The molecule has 260 valence electrons. The zero-order chi connectivity index (χ0) is 34.6. The van der Waals surface area contributed by atoms with Gasteiger partial charge in [0.15, 0.2) is 0 Å². The third-order valence-electron chi connectivity index (χ3n) is 8.81. The fourth-order valence-electron chi connectivity index (χ4n) is 6.02. The molecule has 0 radical (unpaired) electrons. The van der Waals surface area contributed by atoms with Gasteiger partial charge in [-0.1, -0.05) is 115 Å². The molecule has 49 heavy (non-hydrogen) atoms. The Hall–Kier alpha value is -5.57. The van der Waals surface area contributed by atoms with Crippen molar-refractivity contribution in [3.05, 3.63) is 143 Å². The van der Waals surface area contributed by atoms with Gasteiger partial charge in [-0.05, 0) is 60.4 Å². The van der Waals surface area contributed by atoms with Crippen molar-refractivity contribution >= 4 is 29.4 Å². The van der Waals surface area contributed by atoms with Crippen molar-refractivity contribution in [2.24, 2.45) is 5.92 Å². The van der Waals surface area contributed by atoms with Gasteiger partial charge in [0.2, 0.25) is 23.5 Å². The first-order chi connectivity index (χ1) is 23.8. The summed E-state index contributed by atoms with van der Waals surface area (Å²) < 4.78 is 0. The Balaban J connectivity index is 0.00000351. The van der Waals surface area contributed by atoms with Gasteiger partial charge >= 0.3 is 0 Å². The predicted octanol–water partition coefficient (Wildman–Crippen LogP) is 4.62. The summed E-state index contributed by atoms with van der Waals surface area (Å²) in [6.45, 7) is 1.74. The summed E-state index contributed by atoms with van der Waals surface area (Å²) in [6, 6.07) is 32.6. The highest BCUT2D eigenvalue weighted by molar-refractivity contribution is 6.38. The van der Waals surface area contributed by atoms with Crippen LogP contribution in [-0.4, -0.2) is 47.5 Å². The number of Topliss-reactive ketones (excluding diaryl/α,β-unsaturated/α-hetero) is 1. The average Bonchev–Trinajstić information content (AvgIpc) is 3.58. The lowest BCUT2D eigenvalue weighted by molar-refractivity contribution is -0.140. The van der Waals surface area contributed by atoms with Crippen LogP contribution in [0.15, 0.2) is 115 Å². The number of fused-ring (bicyclic) bond motifs is 1. The molecule has 4 aromatic rings. The molecule has 1 aliphatic carbocycles. The van der Waals surface area contributed by atoms with Crippen LogP contribution in [0.5, 0.6) is 0 Å². The molecule has 4 amide bonds. The van der Waals surface area contributed by atoms with Crippen LogP contribution in [0.25, 0.3) is 0 Å². The van der Waals surface area contributed by atoms with Crippen molar-refractivity contribution in [2.75, 3.05) is 0 Å². The molecule has 0 unspecified atom stereocenters. The van der Waals surface area contributed by atoms with Gasteiger partial charge in [-0.15, -0.1) is 0 Å². The van der Waals surface area contributed by atoms with Gasteiger partial charge < -0.3 is 21.3 Å². The molecule has 4 aromatic carbocycles. The summed E-state index contributed by atoms with van der Waals surface area (Å²) in [5.41, 5.74) is 4.81. The number of aryl methyl sites for hydroxylation is 1. The fourth-order valence-corrected chi connectivity index (χ4v) is 6.02. The number of benzene rings is 4. The molecular weight excluding hydrogens is 616 g/mol. The lowest BCUT2D eigenvalue weighted by Crippen LogP contribution is -2.57. The predicted molar refractivity (Wildman–Crippen MR) is 195 cm³/mol. The van der Waals surface area contributed by atoms with E-state index < -0.39 is 41.6 Å². The topological polar surface area (TPSA) is 133 Å². The van der Waals surface area contributed by atoms with E-state index in [2.05, 4.69) is 21.3 Å². The van der Waals surface area contributed by atoms with Gasteiger partial charge in [-0.25, -0.2) is 0 Å². The van der Waals surface area contributed by atoms with E-state index in [1.165, 1.54) is 0 Å². The van der Waals surface area contributed by atoms with Gasteiger partial charge in [-0.3, -0.25) is 24.0 Å². The van der Waals surface area contributed by atoms with Crippen molar-refractivity contribution < 1.29 is 29.7 Å². The lowest BCUT2D eigenvalue weighted by atomic mass is 9.99. The quantitative estimate of drug-likeness (QED) is 0.138.